The minimum atomic E-state index is -0.0244. The molecule has 5 heteroatoms. The topological polar surface area (TPSA) is 38.1 Å². The molecular weight excluding hydrogens is 257 g/mol. The lowest BCUT2D eigenvalue weighted by atomic mass is 10.2. The Morgan fingerprint density at radius 1 is 1.21 bits per heavy atom. The van der Waals surface area contributed by atoms with E-state index < -0.39 is 0 Å². The van der Waals surface area contributed by atoms with Crippen LogP contribution in [0.5, 0.6) is 0 Å². The highest BCUT2D eigenvalue weighted by atomic mass is 31.0. The van der Waals surface area contributed by atoms with E-state index in [2.05, 4.69) is 14.2 Å². The number of amides is 1. The summed E-state index contributed by atoms with van der Waals surface area (Å²) < 4.78 is 1.67. The Morgan fingerprint density at radius 3 is 2.37 bits per heavy atom. The summed E-state index contributed by atoms with van der Waals surface area (Å²) in [6, 6.07) is 7.97. The fourth-order valence-electron chi connectivity index (χ4n) is 2.40. The summed E-state index contributed by atoms with van der Waals surface area (Å²) in [4.78, 5) is 19.0. The first-order chi connectivity index (χ1) is 8.93. The summed E-state index contributed by atoms with van der Waals surface area (Å²) in [5.74, 6) is 0. The van der Waals surface area contributed by atoms with Crippen LogP contribution in [0.3, 0.4) is 0 Å². The Bertz CT molecular complexity index is 596. The minimum Gasteiger partial charge on any atom is -0.319 e. The van der Waals surface area contributed by atoms with Crippen LogP contribution in [0.2, 0.25) is 0 Å². The highest BCUT2D eigenvalue weighted by molar-refractivity contribution is 7.26. The zero-order valence-electron chi connectivity index (χ0n) is 11.8. The predicted molar refractivity (Wildman–Crippen MR) is 82.0 cm³/mol. The Kier molecular flexibility index (Phi) is 3.91. The van der Waals surface area contributed by atoms with Crippen molar-refractivity contribution >= 4 is 31.9 Å². The van der Waals surface area contributed by atoms with Gasteiger partial charge in [-0.15, -0.1) is 0 Å². The molecule has 4 nitrogen and oxygen atoms in total. The average molecular weight is 277 g/mol. The molecule has 1 unspecified atom stereocenters. The number of hydrogen-bond acceptors (Lipinski definition) is 2. The van der Waals surface area contributed by atoms with Gasteiger partial charge in [0.2, 0.25) is 0 Å². The van der Waals surface area contributed by atoms with Crippen LogP contribution in [0.4, 0.5) is 4.79 Å². The lowest BCUT2D eigenvalue weighted by Gasteiger charge is -2.31. The van der Waals surface area contributed by atoms with Crippen molar-refractivity contribution in [1.29, 1.82) is 0 Å². The van der Waals surface area contributed by atoms with E-state index in [-0.39, 0.29) is 18.1 Å². The van der Waals surface area contributed by atoms with E-state index in [9.17, 15) is 4.79 Å². The molecule has 0 aliphatic carbocycles. The molecule has 2 aromatic rings. The van der Waals surface area contributed by atoms with Gasteiger partial charge in [-0.05, 0) is 39.8 Å². The van der Waals surface area contributed by atoms with Gasteiger partial charge in [0.15, 0.2) is 0 Å². The van der Waals surface area contributed by atoms with E-state index in [0.29, 0.717) is 5.57 Å². The number of fused-ring (bicyclic) bond motifs is 1. The number of imidazole rings is 1. The van der Waals surface area contributed by atoms with Crippen molar-refractivity contribution in [2.45, 2.75) is 39.8 Å². The molecular formula is C14H20N3OP. The van der Waals surface area contributed by atoms with Gasteiger partial charge in [-0.3, -0.25) is 0 Å². The van der Waals surface area contributed by atoms with Crippen LogP contribution in [0.25, 0.3) is 11.0 Å². The minimum absolute atomic E-state index is 0.0244. The third-order valence-corrected chi connectivity index (χ3v) is 3.50. The van der Waals surface area contributed by atoms with E-state index in [1.54, 1.807) is 4.57 Å². The summed E-state index contributed by atoms with van der Waals surface area (Å²) in [6.45, 7) is 8.11. The second-order valence-corrected chi connectivity index (χ2v) is 5.69. The van der Waals surface area contributed by atoms with Gasteiger partial charge < -0.3 is 4.90 Å². The van der Waals surface area contributed by atoms with Crippen LogP contribution < -0.4 is 5.57 Å². The smallest absolute Gasteiger partial charge is 0.319 e. The molecule has 0 bridgehead atoms. The first-order valence-corrected chi connectivity index (χ1v) is 7.06. The van der Waals surface area contributed by atoms with Crippen molar-refractivity contribution in [3.63, 3.8) is 0 Å². The Balaban J connectivity index is 2.54. The molecule has 2 rings (SSSR count). The van der Waals surface area contributed by atoms with E-state index in [4.69, 9.17) is 0 Å². The maximum absolute atomic E-state index is 12.8. The summed E-state index contributed by atoms with van der Waals surface area (Å²) in [5.41, 5.74) is 2.34. The SMILES string of the molecule is CC(C)N(C(=O)n1c(P)nc2ccccc21)C(C)C. The molecule has 1 aromatic carbocycles. The zero-order valence-corrected chi connectivity index (χ0v) is 12.9. The van der Waals surface area contributed by atoms with Crippen molar-refractivity contribution in [1.82, 2.24) is 14.5 Å². The summed E-state index contributed by atoms with van der Waals surface area (Å²) >= 11 is 0. The van der Waals surface area contributed by atoms with Gasteiger partial charge in [0.1, 0.15) is 5.57 Å². The molecule has 0 fully saturated rings. The monoisotopic (exact) mass is 277 g/mol. The molecule has 1 heterocycles. The van der Waals surface area contributed by atoms with Gasteiger partial charge in [0, 0.05) is 12.1 Å². The van der Waals surface area contributed by atoms with Crippen LogP contribution >= 0.6 is 9.24 Å². The maximum atomic E-state index is 12.8. The normalized spacial score (nSPS) is 11.5. The van der Waals surface area contributed by atoms with Crippen LogP contribution in [0, 0.1) is 0 Å². The highest BCUT2D eigenvalue weighted by Gasteiger charge is 2.24. The van der Waals surface area contributed by atoms with E-state index in [0.717, 1.165) is 11.0 Å². The molecule has 1 aromatic heterocycles. The molecule has 0 spiro atoms. The van der Waals surface area contributed by atoms with Gasteiger partial charge in [-0.2, -0.15) is 0 Å². The van der Waals surface area contributed by atoms with Crippen molar-refractivity contribution < 1.29 is 4.79 Å². The van der Waals surface area contributed by atoms with Crippen molar-refractivity contribution in [3.05, 3.63) is 24.3 Å². The number of hydrogen-bond donors (Lipinski definition) is 0. The van der Waals surface area contributed by atoms with E-state index >= 15 is 0 Å². The van der Waals surface area contributed by atoms with Crippen molar-refractivity contribution in [3.8, 4) is 0 Å². The Labute approximate surface area is 116 Å². The molecule has 102 valence electrons. The number of aromatic nitrogens is 2. The number of carbonyl (C=O) groups is 1. The number of nitrogens with zero attached hydrogens (tertiary/aromatic N) is 3. The molecule has 0 saturated carbocycles. The lowest BCUT2D eigenvalue weighted by Crippen LogP contribution is -2.46. The number of benzene rings is 1. The summed E-state index contributed by atoms with van der Waals surface area (Å²) in [7, 11) is 2.54. The number of rotatable bonds is 2. The van der Waals surface area contributed by atoms with E-state index in [1.165, 1.54) is 0 Å². The van der Waals surface area contributed by atoms with Gasteiger partial charge in [-0.25, -0.2) is 14.3 Å². The van der Waals surface area contributed by atoms with Gasteiger partial charge >= 0.3 is 6.03 Å². The maximum Gasteiger partial charge on any atom is 0.330 e. The lowest BCUT2D eigenvalue weighted by molar-refractivity contribution is 0.168. The fraction of sp³-hybridized carbons (Fsp3) is 0.429. The molecule has 1 amide bonds. The third kappa shape index (κ3) is 2.50. The molecule has 0 saturated heterocycles. The van der Waals surface area contributed by atoms with Crippen molar-refractivity contribution in [2.75, 3.05) is 0 Å². The highest BCUT2D eigenvalue weighted by Crippen LogP contribution is 2.16. The van der Waals surface area contributed by atoms with Crippen LogP contribution in [-0.4, -0.2) is 32.6 Å². The molecule has 0 aliphatic rings. The molecule has 1 atom stereocenters. The molecule has 0 N–H and O–H groups in total. The first kappa shape index (κ1) is 14.0. The van der Waals surface area contributed by atoms with Gasteiger partial charge in [0.05, 0.1) is 11.0 Å². The van der Waals surface area contributed by atoms with Crippen molar-refractivity contribution in [2.24, 2.45) is 0 Å². The largest absolute Gasteiger partial charge is 0.330 e. The second-order valence-electron chi connectivity index (χ2n) is 5.17. The Hall–Kier alpha value is -1.41. The number of para-hydroxylation sites is 2. The quantitative estimate of drug-likeness (QED) is 0.791. The Morgan fingerprint density at radius 2 is 1.79 bits per heavy atom. The zero-order chi connectivity index (χ0) is 14.2. The number of carbonyl (C=O) groups excluding carboxylic acids is 1. The average Bonchev–Trinajstić information content (AvgIpc) is 2.63. The first-order valence-electron chi connectivity index (χ1n) is 6.49. The van der Waals surface area contributed by atoms with Crippen LogP contribution in [-0.2, 0) is 0 Å². The standard InChI is InChI=1S/C14H20N3OP/c1-9(2)16(10(3)4)14(18)17-12-8-6-5-7-11(12)15-13(17)19/h5-10H,19H2,1-4H3. The van der Waals surface area contributed by atoms with Gasteiger partial charge in [0.25, 0.3) is 0 Å². The summed E-state index contributed by atoms with van der Waals surface area (Å²) in [6.07, 6.45) is 0. The molecule has 0 aliphatic heterocycles. The molecule has 19 heavy (non-hydrogen) atoms. The van der Waals surface area contributed by atoms with Gasteiger partial charge in [-0.1, -0.05) is 21.4 Å². The summed E-state index contributed by atoms with van der Waals surface area (Å²) in [5, 5.41) is 0. The molecule has 0 radical (unpaired) electrons. The predicted octanol–water partition coefficient (Wildman–Crippen LogP) is 2.62. The van der Waals surface area contributed by atoms with E-state index in [1.807, 2.05) is 56.9 Å². The van der Waals surface area contributed by atoms with Crippen LogP contribution in [0.1, 0.15) is 27.7 Å². The third-order valence-electron chi connectivity index (χ3n) is 3.11. The second kappa shape index (κ2) is 5.30. The van der Waals surface area contributed by atoms with Crippen LogP contribution in [0.15, 0.2) is 24.3 Å². The fourth-order valence-corrected chi connectivity index (χ4v) is 2.79.